The van der Waals surface area contributed by atoms with E-state index in [1.807, 2.05) is 0 Å². The molecule has 1 saturated heterocycles. The SMILES string of the molecule is COC(=O)c1c(NC(=O)CN2CCN(CC(=O)NC3CC3)CC2)sc2c1CCCC2. The standard InChI is InChI=1S/C21H30N4O4S/c1-29-21(28)19-15-4-2-3-5-16(15)30-20(19)23-18(27)13-25-10-8-24(9-11-25)12-17(26)22-14-6-7-14/h14H,2-13H2,1H3,(H,22,26)(H,23,27). The fourth-order valence-electron chi connectivity index (χ4n) is 4.15. The van der Waals surface area contributed by atoms with Gasteiger partial charge in [0, 0.05) is 37.1 Å². The number of hydrogen-bond donors (Lipinski definition) is 2. The molecule has 0 atom stereocenters. The molecular formula is C21H30N4O4S. The second-order valence-electron chi connectivity index (χ2n) is 8.35. The van der Waals surface area contributed by atoms with E-state index in [1.165, 1.54) is 23.3 Å². The van der Waals surface area contributed by atoms with E-state index in [4.69, 9.17) is 4.74 Å². The number of thiophene rings is 1. The van der Waals surface area contributed by atoms with E-state index in [0.717, 1.165) is 70.3 Å². The smallest absolute Gasteiger partial charge is 0.341 e. The van der Waals surface area contributed by atoms with Crippen molar-refractivity contribution in [3.8, 4) is 0 Å². The maximum Gasteiger partial charge on any atom is 0.341 e. The van der Waals surface area contributed by atoms with Gasteiger partial charge >= 0.3 is 5.97 Å². The second-order valence-corrected chi connectivity index (χ2v) is 9.45. The number of esters is 1. The van der Waals surface area contributed by atoms with Crippen LogP contribution in [0.15, 0.2) is 0 Å². The number of anilines is 1. The van der Waals surface area contributed by atoms with E-state index in [0.29, 0.717) is 23.2 Å². The predicted octanol–water partition coefficient (Wildman–Crippen LogP) is 1.25. The first-order chi connectivity index (χ1) is 14.5. The average molecular weight is 435 g/mol. The van der Waals surface area contributed by atoms with Crippen LogP contribution in [0.3, 0.4) is 0 Å². The van der Waals surface area contributed by atoms with Gasteiger partial charge in [-0.3, -0.25) is 19.4 Å². The first kappa shape index (κ1) is 21.3. The zero-order chi connectivity index (χ0) is 21.1. The lowest BCUT2D eigenvalue weighted by molar-refractivity contribution is -0.123. The Morgan fingerprint density at radius 2 is 1.63 bits per heavy atom. The molecule has 1 saturated carbocycles. The third-order valence-electron chi connectivity index (χ3n) is 5.96. The lowest BCUT2D eigenvalue weighted by Gasteiger charge is -2.33. The molecule has 2 aliphatic carbocycles. The van der Waals surface area contributed by atoms with E-state index in [2.05, 4.69) is 20.4 Å². The van der Waals surface area contributed by atoms with Crippen LogP contribution < -0.4 is 10.6 Å². The van der Waals surface area contributed by atoms with Crippen LogP contribution in [0.25, 0.3) is 0 Å². The molecule has 4 rings (SSSR count). The molecule has 0 unspecified atom stereocenters. The quantitative estimate of drug-likeness (QED) is 0.628. The zero-order valence-electron chi connectivity index (χ0n) is 17.5. The lowest BCUT2D eigenvalue weighted by atomic mass is 9.95. The van der Waals surface area contributed by atoms with E-state index >= 15 is 0 Å². The highest BCUT2D eigenvalue weighted by molar-refractivity contribution is 7.17. The van der Waals surface area contributed by atoms with Gasteiger partial charge in [-0.15, -0.1) is 11.3 Å². The summed E-state index contributed by atoms with van der Waals surface area (Å²) >= 11 is 1.51. The Hall–Kier alpha value is -1.97. The fourth-order valence-corrected chi connectivity index (χ4v) is 5.44. The molecule has 30 heavy (non-hydrogen) atoms. The molecule has 9 heteroatoms. The van der Waals surface area contributed by atoms with Gasteiger partial charge in [-0.05, 0) is 44.1 Å². The van der Waals surface area contributed by atoms with Crippen molar-refractivity contribution in [2.75, 3.05) is 51.7 Å². The van der Waals surface area contributed by atoms with Gasteiger partial charge in [0.1, 0.15) is 5.00 Å². The molecular weight excluding hydrogens is 404 g/mol. The molecule has 8 nitrogen and oxygen atoms in total. The van der Waals surface area contributed by atoms with E-state index in [9.17, 15) is 14.4 Å². The summed E-state index contributed by atoms with van der Waals surface area (Å²) in [6, 6.07) is 0.389. The summed E-state index contributed by atoms with van der Waals surface area (Å²) in [5.74, 6) is -0.387. The summed E-state index contributed by atoms with van der Waals surface area (Å²) in [6.07, 6.45) is 6.19. The molecule has 2 heterocycles. The Morgan fingerprint density at radius 1 is 1.00 bits per heavy atom. The van der Waals surface area contributed by atoms with Crippen LogP contribution in [0.2, 0.25) is 0 Å². The van der Waals surface area contributed by atoms with Crippen molar-refractivity contribution in [2.45, 2.75) is 44.6 Å². The van der Waals surface area contributed by atoms with Gasteiger partial charge in [-0.25, -0.2) is 4.79 Å². The predicted molar refractivity (Wildman–Crippen MR) is 115 cm³/mol. The fraction of sp³-hybridized carbons (Fsp3) is 0.667. The molecule has 1 aromatic heterocycles. The lowest BCUT2D eigenvalue weighted by Crippen LogP contribution is -2.51. The maximum atomic E-state index is 12.7. The average Bonchev–Trinajstić information content (AvgIpc) is 3.47. The molecule has 0 aromatic carbocycles. The van der Waals surface area contributed by atoms with E-state index in [1.54, 1.807) is 0 Å². The number of rotatable bonds is 7. The summed E-state index contributed by atoms with van der Waals surface area (Å²) < 4.78 is 4.97. The van der Waals surface area contributed by atoms with Crippen LogP contribution in [0.1, 0.15) is 46.5 Å². The minimum Gasteiger partial charge on any atom is -0.465 e. The number of ether oxygens (including phenoxy) is 1. The molecule has 0 spiro atoms. The molecule has 1 aromatic rings. The van der Waals surface area contributed by atoms with Crippen LogP contribution in [-0.2, 0) is 27.2 Å². The van der Waals surface area contributed by atoms with Crippen molar-refractivity contribution in [2.24, 2.45) is 0 Å². The Balaban J connectivity index is 1.28. The number of carbonyl (C=O) groups excluding carboxylic acids is 3. The number of amides is 2. The number of hydrogen-bond acceptors (Lipinski definition) is 7. The van der Waals surface area contributed by atoms with Crippen LogP contribution in [0, 0.1) is 0 Å². The van der Waals surface area contributed by atoms with Crippen molar-refractivity contribution in [3.63, 3.8) is 0 Å². The summed E-state index contributed by atoms with van der Waals surface area (Å²) in [7, 11) is 1.38. The number of carbonyl (C=O) groups is 3. The monoisotopic (exact) mass is 434 g/mol. The highest BCUT2D eigenvalue weighted by Crippen LogP contribution is 2.38. The van der Waals surface area contributed by atoms with Crippen molar-refractivity contribution in [1.82, 2.24) is 15.1 Å². The topological polar surface area (TPSA) is 91.0 Å². The van der Waals surface area contributed by atoms with Crippen molar-refractivity contribution in [3.05, 3.63) is 16.0 Å². The first-order valence-electron chi connectivity index (χ1n) is 10.8. The number of nitrogens with zero attached hydrogens (tertiary/aromatic N) is 2. The van der Waals surface area contributed by atoms with Gasteiger partial charge < -0.3 is 15.4 Å². The minimum absolute atomic E-state index is 0.0979. The Kier molecular flexibility index (Phi) is 6.70. The summed E-state index contributed by atoms with van der Waals surface area (Å²) in [5.41, 5.74) is 1.59. The van der Waals surface area contributed by atoms with Gasteiger partial charge in [-0.1, -0.05) is 0 Å². The summed E-state index contributed by atoms with van der Waals surface area (Å²) in [5, 5.41) is 6.60. The Labute approximate surface area is 180 Å². The highest BCUT2D eigenvalue weighted by atomic mass is 32.1. The van der Waals surface area contributed by atoms with Crippen molar-refractivity contribution in [1.29, 1.82) is 0 Å². The van der Waals surface area contributed by atoms with Gasteiger partial charge in [-0.2, -0.15) is 0 Å². The molecule has 2 amide bonds. The molecule has 0 bridgehead atoms. The second kappa shape index (κ2) is 9.45. The van der Waals surface area contributed by atoms with E-state index < -0.39 is 0 Å². The molecule has 0 radical (unpaired) electrons. The van der Waals surface area contributed by atoms with Gasteiger partial charge in [0.15, 0.2) is 0 Å². The van der Waals surface area contributed by atoms with E-state index in [-0.39, 0.29) is 24.3 Å². The van der Waals surface area contributed by atoms with Crippen LogP contribution in [0.4, 0.5) is 5.00 Å². The number of fused-ring (bicyclic) bond motifs is 1. The minimum atomic E-state index is -0.372. The summed E-state index contributed by atoms with van der Waals surface area (Å²) in [6.45, 7) is 3.74. The summed E-state index contributed by atoms with van der Waals surface area (Å²) in [4.78, 5) is 42.4. The number of methoxy groups -OCH3 is 1. The normalized spacial score (nSPS) is 19.8. The van der Waals surface area contributed by atoms with Gasteiger partial charge in [0.2, 0.25) is 11.8 Å². The van der Waals surface area contributed by atoms with Crippen LogP contribution in [0.5, 0.6) is 0 Å². The first-order valence-corrected chi connectivity index (χ1v) is 11.6. The molecule has 2 fully saturated rings. The largest absolute Gasteiger partial charge is 0.465 e. The Morgan fingerprint density at radius 3 is 2.27 bits per heavy atom. The van der Waals surface area contributed by atoms with Crippen molar-refractivity contribution >= 4 is 34.1 Å². The number of aryl methyl sites for hydroxylation is 1. The molecule has 164 valence electrons. The van der Waals surface area contributed by atoms with Crippen LogP contribution >= 0.6 is 11.3 Å². The Bertz CT molecular complexity index is 812. The van der Waals surface area contributed by atoms with Gasteiger partial charge in [0.25, 0.3) is 0 Å². The third-order valence-corrected chi connectivity index (χ3v) is 7.16. The molecule has 1 aliphatic heterocycles. The maximum absolute atomic E-state index is 12.7. The zero-order valence-corrected chi connectivity index (χ0v) is 18.3. The van der Waals surface area contributed by atoms with Crippen molar-refractivity contribution < 1.29 is 19.1 Å². The number of nitrogens with one attached hydrogen (secondary N) is 2. The third kappa shape index (κ3) is 5.19. The highest BCUT2D eigenvalue weighted by Gasteiger charge is 2.28. The molecule has 3 aliphatic rings. The molecule has 2 N–H and O–H groups in total. The van der Waals surface area contributed by atoms with Crippen LogP contribution in [-0.4, -0.2) is 80.0 Å². The number of piperazine rings is 1. The van der Waals surface area contributed by atoms with Gasteiger partial charge in [0.05, 0.1) is 25.8 Å².